The van der Waals surface area contributed by atoms with E-state index in [-0.39, 0.29) is 29.9 Å². The summed E-state index contributed by atoms with van der Waals surface area (Å²) < 4.78 is 0. The van der Waals surface area contributed by atoms with Crippen molar-refractivity contribution in [2.24, 2.45) is 4.99 Å². The number of carbonyl (C=O) groups is 1. The van der Waals surface area contributed by atoms with Crippen molar-refractivity contribution in [3.63, 3.8) is 0 Å². The van der Waals surface area contributed by atoms with Gasteiger partial charge in [0.05, 0.1) is 17.1 Å². The molecule has 3 N–H and O–H groups in total. The SMILES string of the molecule is CCNC(=NCCNC(=O)c1ccccc1Cl)NC(C)C.I. The van der Waals surface area contributed by atoms with Gasteiger partial charge in [0.1, 0.15) is 0 Å². The fourth-order valence-corrected chi connectivity index (χ4v) is 1.89. The Bertz CT molecular complexity index is 494. The van der Waals surface area contributed by atoms with Gasteiger partial charge in [0, 0.05) is 19.1 Å². The van der Waals surface area contributed by atoms with E-state index in [2.05, 4.69) is 20.9 Å². The molecule has 0 fully saturated rings. The molecule has 0 spiro atoms. The summed E-state index contributed by atoms with van der Waals surface area (Å²) in [5.41, 5.74) is 0.482. The molecule has 1 amide bonds. The molecular formula is C15H24ClIN4O. The van der Waals surface area contributed by atoms with Gasteiger partial charge < -0.3 is 16.0 Å². The van der Waals surface area contributed by atoms with Gasteiger partial charge in [-0.3, -0.25) is 9.79 Å². The number of guanidine groups is 1. The van der Waals surface area contributed by atoms with E-state index in [1.54, 1.807) is 24.3 Å². The van der Waals surface area contributed by atoms with Gasteiger partial charge >= 0.3 is 0 Å². The number of benzene rings is 1. The number of nitrogens with zero attached hydrogens (tertiary/aromatic N) is 1. The lowest BCUT2D eigenvalue weighted by Crippen LogP contribution is -2.41. The second kappa shape index (κ2) is 11.5. The molecule has 0 aliphatic rings. The fraction of sp³-hybridized carbons (Fsp3) is 0.467. The van der Waals surface area contributed by atoms with E-state index >= 15 is 0 Å². The fourth-order valence-electron chi connectivity index (χ4n) is 1.67. The summed E-state index contributed by atoms with van der Waals surface area (Å²) in [4.78, 5) is 16.3. The highest BCUT2D eigenvalue weighted by molar-refractivity contribution is 14.0. The molecule has 0 aliphatic carbocycles. The largest absolute Gasteiger partial charge is 0.357 e. The summed E-state index contributed by atoms with van der Waals surface area (Å²) in [5.74, 6) is 0.567. The monoisotopic (exact) mass is 438 g/mol. The minimum atomic E-state index is -0.183. The minimum absolute atomic E-state index is 0. The molecule has 0 saturated heterocycles. The van der Waals surface area contributed by atoms with Crippen molar-refractivity contribution in [3.8, 4) is 0 Å². The maximum atomic E-state index is 11.9. The lowest BCUT2D eigenvalue weighted by molar-refractivity contribution is 0.0955. The quantitative estimate of drug-likeness (QED) is 0.277. The van der Waals surface area contributed by atoms with Gasteiger partial charge in [-0.15, -0.1) is 24.0 Å². The smallest absolute Gasteiger partial charge is 0.252 e. The zero-order valence-corrected chi connectivity index (χ0v) is 16.2. The molecule has 0 aromatic heterocycles. The summed E-state index contributed by atoms with van der Waals surface area (Å²) in [5, 5.41) is 9.62. The summed E-state index contributed by atoms with van der Waals surface area (Å²) in [6.07, 6.45) is 0. The predicted molar refractivity (Wildman–Crippen MR) is 103 cm³/mol. The van der Waals surface area contributed by atoms with Gasteiger partial charge in [0.2, 0.25) is 0 Å². The maximum Gasteiger partial charge on any atom is 0.252 e. The third kappa shape index (κ3) is 7.84. The van der Waals surface area contributed by atoms with Crippen molar-refractivity contribution in [1.82, 2.24) is 16.0 Å². The van der Waals surface area contributed by atoms with Gasteiger partial charge in [0.25, 0.3) is 5.91 Å². The predicted octanol–water partition coefficient (Wildman–Crippen LogP) is 2.65. The molecule has 7 heteroatoms. The average Bonchev–Trinajstić information content (AvgIpc) is 2.43. The van der Waals surface area contributed by atoms with Gasteiger partial charge in [-0.1, -0.05) is 23.7 Å². The van der Waals surface area contributed by atoms with Crippen LogP contribution in [0, 0.1) is 0 Å². The molecule has 0 aliphatic heterocycles. The molecule has 0 heterocycles. The molecule has 0 unspecified atom stereocenters. The van der Waals surface area contributed by atoms with Crippen LogP contribution in [-0.2, 0) is 0 Å². The highest BCUT2D eigenvalue weighted by Crippen LogP contribution is 2.14. The Morgan fingerprint density at radius 2 is 1.95 bits per heavy atom. The normalized spacial score (nSPS) is 10.9. The van der Waals surface area contributed by atoms with Crippen molar-refractivity contribution in [2.75, 3.05) is 19.6 Å². The first-order valence-electron chi connectivity index (χ1n) is 7.12. The molecule has 0 atom stereocenters. The first-order chi connectivity index (χ1) is 10.0. The number of amides is 1. The van der Waals surface area contributed by atoms with Crippen LogP contribution in [0.3, 0.4) is 0 Å². The second-order valence-corrected chi connectivity index (χ2v) is 5.20. The van der Waals surface area contributed by atoms with Gasteiger partial charge in [-0.25, -0.2) is 0 Å². The van der Waals surface area contributed by atoms with E-state index in [1.165, 1.54) is 0 Å². The minimum Gasteiger partial charge on any atom is -0.357 e. The number of hydrogen-bond donors (Lipinski definition) is 3. The molecule has 1 aromatic rings. The zero-order chi connectivity index (χ0) is 15.7. The van der Waals surface area contributed by atoms with E-state index in [0.29, 0.717) is 29.7 Å². The Labute approximate surface area is 154 Å². The van der Waals surface area contributed by atoms with Crippen molar-refractivity contribution >= 4 is 47.4 Å². The van der Waals surface area contributed by atoms with E-state index < -0.39 is 0 Å². The molecule has 0 bridgehead atoms. The van der Waals surface area contributed by atoms with Crippen LogP contribution >= 0.6 is 35.6 Å². The molecule has 124 valence electrons. The Morgan fingerprint density at radius 3 is 2.55 bits per heavy atom. The molecule has 5 nitrogen and oxygen atoms in total. The summed E-state index contributed by atoms with van der Waals surface area (Å²) in [6, 6.07) is 7.29. The van der Waals surface area contributed by atoms with Crippen molar-refractivity contribution in [1.29, 1.82) is 0 Å². The average molecular weight is 439 g/mol. The molecule has 1 rings (SSSR count). The topological polar surface area (TPSA) is 65.5 Å². The van der Waals surface area contributed by atoms with E-state index in [9.17, 15) is 4.79 Å². The molecular weight excluding hydrogens is 415 g/mol. The van der Waals surface area contributed by atoms with Crippen molar-refractivity contribution in [3.05, 3.63) is 34.9 Å². The number of rotatable bonds is 6. The molecule has 0 saturated carbocycles. The van der Waals surface area contributed by atoms with Crippen LogP contribution in [0.25, 0.3) is 0 Å². The van der Waals surface area contributed by atoms with Gasteiger partial charge in [-0.2, -0.15) is 0 Å². The number of hydrogen-bond acceptors (Lipinski definition) is 2. The summed E-state index contributed by atoms with van der Waals surface area (Å²) in [6.45, 7) is 7.86. The number of aliphatic imine (C=N–C) groups is 1. The van der Waals surface area contributed by atoms with Gasteiger partial charge in [-0.05, 0) is 32.9 Å². The van der Waals surface area contributed by atoms with Crippen LogP contribution in [0.15, 0.2) is 29.3 Å². The summed E-state index contributed by atoms with van der Waals surface area (Å²) >= 11 is 5.97. The van der Waals surface area contributed by atoms with Crippen LogP contribution in [0.2, 0.25) is 5.02 Å². The zero-order valence-electron chi connectivity index (χ0n) is 13.1. The van der Waals surface area contributed by atoms with Crippen LogP contribution < -0.4 is 16.0 Å². The van der Waals surface area contributed by atoms with E-state index in [4.69, 9.17) is 11.6 Å². The molecule has 1 aromatic carbocycles. The Balaban J connectivity index is 0.00000441. The van der Waals surface area contributed by atoms with Crippen LogP contribution in [0.4, 0.5) is 0 Å². The van der Waals surface area contributed by atoms with Gasteiger partial charge in [0.15, 0.2) is 5.96 Å². The number of nitrogens with one attached hydrogen (secondary N) is 3. The van der Waals surface area contributed by atoms with Crippen molar-refractivity contribution < 1.29 is 4.79 Å². The first kappa shape index (κ1) is 21.0. The first-order valence-corrected chi connectivity index (χ1v) is 7.50. The standard InChI is InChI=1S/C15H23ClN4O.HI/c1-4-17-15(20-11(2)3)19-10-9-18-14(21)12-7-5-6-8-13(12)16;/h5-8,11H,4,9-10H2,1-3H3,(H,18,21)(H2,17,19,20);1H. The van der Waals surface area contributed by atoms with Crippen LogP contribution in [-0.4, -0.2) is 37.5 Å². The van der Waals surface area contributed by atoms with Crippen LogP contribution in [0.5, 0.6) is 0 Å². The Morgan fingerprint density at radius 1 is 1.27 bits per heavy atom. The third-order valence-corrected chi connectivity index (χ3v) is 2.88. The van der Waals surface area contributed by atoms with E-state index in [1.807, 2.05) is 20.8 Å². The third-order valence-electron chi connectivity index (χ3n) is 2.56. The van der Waals surface area contributed by atoms with Crippen LogP contribution in [0.1, 0.15) is 31.1 Å². The Hall–Kier alpha value is -1.02. The lowest BCUT2D eigenvalue weighted by Gasteiger charge is -2.14. The highest BCUT2D eigenvalue weighted by Gasteiger charge is 2.08. The maximum absolute atomic E-state index is 11.9. The van der Waals surface area contributed by atoms with E-state index in [0.717, 1.165) is 12.5 Å². The summed E-state index contributed by atoms with van der Waals surface area (Å²) in [7, 11) is 0. The molecule has 0 radical (unpaired) electrons. The molecule has 22 heavy (non-hydrogen) atoms. The highest BCUT2D eigenvalue weighted by atomic mass is 127. The number of halogens is 2. The second-order valence-electron chi connectivity index (χ2n) is 4.80. The Kier molecular flexibility index (Phi) is 11.0. The lowest BCUT2D eigenvalue weighted by atomic mass is 10.2. The number of carbonyl (C=O) groups excluding carboxylic acids is 1. The van der Waals surface area contributed by atoms with Crippen molar-refractivity contribution in [2.45, 2.75) is 26.8 Å².